The minimum Gasteiger partial charge on any atom is -0.493 e. The normalized spacial score (nSPS) is 10.3. The number of carbonyl (C=O) groups is 3. The molecule has 2 N–H and O–H groups in total. The molecule has 0 aliphatic heterocycles. The van der Waals surface area contributed by atoms with Crippen LogP contribution in [0.1, 0.15) is 39.3 Å². The molecular formula is C24H24N2O6. The van der Waals surface area contributed by atoms with Gasteiger partial charge in [-0.05, 0) is 48.0 Å². The number of hydrogen-bond donors (Lipinski definition) is 2. The number of benzene rings is 2. The first-order valence-electron chi connectivity index (χ1n) is 9.96. The Balaban J connectivity index is 1.44. The zero-order chi connectivity index (χ0) is 22.9. The van der Waals surface area contributed by atoms with Gasteiger partial charge in [0.1, 0.15) is 0 Å². The first kappa shape index (κ1) is 22.6. The van der Waals surface area contributed by atoms with E-state index in [1.807, 2.05) is 0 Å². The third-order valence-corrected chi connectivity index (χ3v) is 4.73. The van der Waals surface area contributed by atoms with Gasteiger partial charge in [0.15, 0.2) is 23.0 Å². The maximum Gasteiger partial charge on any atom is 0.291 e. The van der Waals surface area contributed by atoms with E-state index in [0.717, 1.165) is 5.56 Å². The van der Waals surface area contributed by atoms with Crippen LogP contribution in [0.5, 0.6) is 11.5 Å². The quantitative estimate of drug-likeness (QED) is 0.468. The Morgan fingerprint density at radius 2 is 1.66 bits per heavy atom. The molecule has 3 aromatic rings. The summed E-state index contributed by atoms with van der Waals surface area (Å²) in [5.41, 5.74) is 1.94. The number of rotatable bonds is 10. The Morgan fingerprint density at radius 3 is 2.31 bits per heavy atom. The van der Waals surface area contributed by atoms with Crippen LogP contribution >= 0.6 is 0 Å². The lowest BCUT2D eigenvalue weighted by atomic mass is 10.1. The molecule has 0 bridgehead atoms. The third-order valence-electron chi connectivity index (χ3n) is 4.73. The van der Waals surface area contributed by atoms with Gasteiger partial charge >= 0.3 is 0 Å². The van der Waals surface area contributed by atoms with Gasteiger partial charge < -0.3 is 24.5 Å². The summed E-state index contributed by atoms with van der Waals surface area (Å²) in [5, 5.41) is 5.52. The summed E-state index contributed by atoms with van der Waals surface area (Å²) in [6.45, 7) is 0.315. The number of hydrogen-bond acceptors (Lipinski definition) is 6. The maximum atomic E-state index is 12.4. The van der Waals surface area contributed by atoms with Crippen LogP contribution in [0.2, 0.25) is 0 Å². The standard InChI is InChI=1S/C24H24N2O6/c1-30-20-11-7-17(14-22(20)31-2)19(27)10-12-23(28)25-15-16-5-8-18(9-6-16)26-24(29)21-4-3-13-32-21/h3-9,11,13-14H,10,12,15H2,1-2H3,(H,25,28)(H,26,29). The second-order valence-electron chi connectivity index (χ2n) is 6.90. The van der Waals surface area contributed by atoms with Gasteiger partial charge in [0.05, 0.1) is 20.5 Å². The van der Waals surface area contributed by atoms with Gasteiger partial charge in [-0.25, -0.2) is 0 Å². The first-order valence-corrected chi connectivity index (χ1v) is 9.96. The highest BCUT2D eigenvalue weighted by Gasteiger charge is 2.13. The maximum absolute atomic E-state index is 12.4. The predicted octanol–water partition coefficient (Wildman–Crippen LogP) is 3.83. The summed E-state index contributed by atoms with van der Waals surface area (Å²) < 4.78 is 15.4. The molecule has 166 valence electrons. The van der Waals surface area contributed by atoms with Crippen LogP contribution in [0.25, 0.3) is 0 Å². The van der Waals surface area contributed by atoms with E-state index in [1.165, 1.54) is 20.5 Å². The van der Waals surface area contributed by atoms with Gasteiger partial charge in [0.25, 0.3) is 5.91 Å². The molecule has 8 nitrogen and oxygen atoms in total. The van der Waals surface area contributed by atoms with E-state index in [1.54, 1.807) is 54.6 Å². The van der Waals surface area contributed by atoms with Crippen molar-refractivity contribution in [2.24, 2.45) is 0 Å². The highest BCUT2D eigenvalue weighted by atomic mass is 16.5. The van der Waals surface area contributed by atoms with Gasteiger partial charge in [-0.1, -0.05) is 12.1 Å². The van der Waals surface area contributed by atoms with Crippen molar-refractivity contribution < 1.29 is 28.3 Å². The number of methoxy groups -OCH3 is 2. The smallest absolute Gasteiger partial charge is 0.291 e. The molecule has 2 aromatic carbocycles. The molecule has 1 aromatic heterocycles. The van der Waals surface area contributed by atoms with Crippen LogP contribution in [0.4, 0.5) is 5.69 Å². The molecular weight excluding hydrogens is 412 g/mol. The zero-order valence-electron chi connectivity index (χ0n) is 17.8. The molecule has 0 radical (unpaired) electrons. The first-order chi connectivity index (χ1) is 15.5. The Labute approximate surface area is 185 Å². The minimum absolute atomic E-state index is 0.0739. The fraction of sp³-hybridized carbons (Fsp3) is 0.208. The van der Waals surface area contributed by atoms with Crippen LogP contribution < -0.4 is 20.1 Å². The van der Waals surface area contributed by atoms with E-state index < -0.39 is 0 Å². The molecule has 0 saturated carbocycles. The number of anilines is 1. The number of ketones is 1. The van der Waals surface area contributed by atoms with Gasteiger partial charge in [-0.3, -0.25) is 14.4 Å². The average Bonchev–Trinajstić information content (AvgIpc) is 3.37. The summed E-state index contributed by atoms with van der Waals surface area (Å²) in [5.74, 6) is 0.505. The van der Waals surface area contributed by atoms with E-state index in [-0.39, 0.29) is 36.2 Å². The molecule has 3 rings (SSSR count). The lowest BCUT2D eigenvalue weighted by Gasteiger charge is -2.09. The van der Waals surface area contributed by atoms with Crippen molar-refractivity contribution in [1.29, 1.82) is 0 Å². The van der Waals surface area contributed by atoms with Crippen molar-refractivity contribution in [3.05, 3.63) is 77.7 Å². The Kier molecular flexibility index (Phi) is 7.64. The summed E-state index contributed by atoms with van der Waals surface area (Å²) in [4.78, 5) is 36.5. The van der Waals surface area contributed by atoms with Gasteiger partial charge in [0, 0.05) is 30.6 Å². The van der Waals surface area contributed by atoms with E-state index in [4.69, 9.17) is 13.9 Å². The van der Waals surface area contributed by atoms with E-state index in [0.29, 0.717) is 29.3 Å². The van der Waals surface area contributed by atoms with Gasteiger partial charge in [0.2, 0.25) is 5.91 Å². The number of amides is 2. The molecule has 0 unspecified atom stereocenters. The van der Waals surface area contributed by atoms with Gasteiger partial charge in [-0.2, -0.15) is 0 Å². The van der Waals surface area contributed by atoms with Crippen molar-refractivity contribution in [1.82, 2.24) is 5.32 Å². The van der Waals surface area contributed by atoms with Crippen LogP contribution in [0.15, 0.2) is 65.3 Å². The SMILES string of the molecule is COc1ccc(C(=O)CCC(=O)NCc2ccc(NC(=O)c3ccco3)cc2)cc1OC. The highest BCUT2D eigenvalue weighted by Crippen LogP contribution is 2.28. The van der Waals surface area contributed by atoms with Crippen LogP contribution in [-0.2, 0) is 11.3 Å². The highest BCUT2D eigenvalue weighted by molar-refractivity contribution is 6.02. The fourth-order valence-corrected chi connectivity index (χ4v) is 2.98. The fourth-order valence-electron chi connectivity index (χ4n) is 2.98. The molecule has 0 aliphatic carbocycles. The topological polar surface area (TPSA) is 107 Å². The van der Waals surface area contributed by atoms with Crippen LogP contribution in [-0.4, -0.2) is 31.8 Å². The van der Waals surface area contributed by atoms with Crippen molar-refractivity contribution in [3.63, 3.8) is 0 Å². The Bertz CT molecular complexity index is 1070. The van der Waals surface area contributed by atoms with Gasteiger partial charge in [-0.15, -0.1) is 0 Å². The number of furan rings is 1. The van der Waals surface area contributed by atoms with E-state index >= 15 is 0 Å². The molecule has 0 atom stereocenters. The lowest BCUT2D eigenvalue weighted by molar-refractivity contribution is -0.121. The molecule has 2 amide bonds. The second kappa shape index (κ2) is 10.8. The van der Waals surface area contributed by atoms with Crippen molar-refractivity contribution in [2.45, 2.75) is 19.4 Å². The average molecular weight is 436 g/mol. The third kappa shape index (κ3) is 5.98. The Morgan fingerprint density at radius 1 is 0.906 bits per heavy atom. The Hall–Kier alpha value is -4.07. The van der Waals surface area contributed by atoms with Crippen molar-refractivity contribution >= 4 is 23.3 Å². The number of Topliss-reactive ketones (excluding diaryl/α,β-unsaturated/α-hetero) is 1. The summed E-state index contributed by atoms with van der Waals surface area (Å²) in [6.07, 6.45) is 1.59. The molecule has 8 heteroatoms. The van der Waals surface area contributed by atoms with Crippen LogP contribution in [0.3, 0.4) is 0 Å². The second-order valence-corrected chi connectivity index (χ2v) is 6.90. The minimum atomic E-state index is -0.338. The molecule has 0 spiro atoms. The number of carbonyl (C=O) groups excluding carboxylic acids is 3. The summed E-state index contributed by atoms with van der Waals surface area (Å²) >= 11 is 0. The molecule has 0 saturated heterocycles. The van der Waals surface area contributed by atoms with Crippen molar-refractivity contribution in [2.75, 3.05) is 19.5 Å². The number of nitrogens with one attached hydrogen (secondary N) is 2. The molecule has 1 heterocycles. The van der Waals surface area contributed by atoms with Crippen molar-refractivity contribution in [3.8, 4) is 11.5 Å². The van der Waals surface area contributed by atoms with Crippen LogP contribution in [0, 0.1) is 0 Å². The molecule has 0 aliphatic rings. The number of ether oxygens (including phenoxy) is 2. The predicted molar refractivity (Wildman–Crippen MR) is 118 cm³/mol. The van der Waals surface area contributed by atoms with E-state index in [2.05, 4.69) is 10.6 Å². The van der Waals surface area contributed by atoms with E-state index in [9.17, 15) is 14.4 Å². The largest absolute Gasteiger partial charge is 0.493 e. The molecule has 0 fully saturated rings. The monoisotopic (exact) mass is 436 g/mol. The summed E-state index contributed by atoms with van der Waals surface area (Å²) in [6, 6.07) is 15.2. The zero-order valence-corrected chi connectivity index (χ0v) is 17.8. The molecule has 32 heavy (non-hydrogen) atoms. The summed E-state index contributed by atoms with van der Waals surface area (Å²) in [7, 11) is 3.02. The lowest BCUT2D eigenvalue weighted by Crippen LogP contribution is -2.23.